The topological polar surface area (TPSA) is 97.4 Å². The highest BCUT2D eigenvalue weighted by atomic mass is 35.5. The van der Waals surface area contributed by atoms with Crippen LogP contribution < -0.4 is 10.9 Å². The highest BCUT2D eigenvalue weighted by molar-refractivity contribution is 6.32. The van der Waals surface area contributed by atoms with Gasteiger partial charge < -0.3 is 14.8 Å². The van der Waals surface area contributed by atoms with E-state index in [-0.39, 0.29) is 10.6 Å². The third kappa shape index (κ3) is 2.59. The van der Waals surface area contributed by atoms with Gasteiger partial charge >= 0.3 is 5.97 Å². The van der Waals surface area contributed by atoms with E-state index < -0.39 is 16.9 Å². The minimum atomic E-state index is -0.734. The number of halogens is 1. The highest BCUT2D eigenvalue weighted by Gasteiger charge is 2.62. The molecule has 4 saturated carbocycles. The molecule has 2 heterocycles. The van der Waals surface area contributed by atoms with Crippen molar-refractivity contribution in [1.29, 1.82) is 0 Å². The molecule has 28 heavy (non-hydrogen) atoms. The summed E-state index contributed by atoms with van der Waals surface area (Å²) in [5.74, 6) is 0.662. The summed E-state index contributed by atoms with van der Waals surface area (Å²) in [6.45, 7) is 0.398. The fraction of sp³-hybridized carbons (Fsp3) is 0.550. The van der Waals surface area contributed by atoms with Crippen molar-refractivity contribution in [3.05, 3.63) is 45.7 Å². The van der Waals surface area contributed by atoms with Crippen LogP contribution in [0.2, 0.25) is 5.02 Å². The van der Waals surface area contributed by atoms with Gasteiger partial charge in [0.25, 0.3) is 5.56 Å². The van der Waals surface area contributed by atoms with E-state index in [1.165, 1.54) is 4.68 Å². The lowest BCUT2D eigenvalue weighted by Gasteiger charge is -2.60. The fourth-order valence-electron chi connectivity index (χ4n) is 6.20. The number of carboxylic acid groups (broad SMARTS) is 1. The quantitative estimate of drug-likeness (QED) is 0.793. The Morgan fingerprint density at radius 3 is 2.75 bits per heavy atom. The molecule has 4 aliphatic rings. The Morgan fingerprint density at radius 2 is 2.11 bits per heavy atom. The van der Waals surface area contributed by atoms with Gasteiger partial charge in [0.05, 0.1) is 35.6 Å². The van der Waals surface area contributed by atoms with Gasteiger partial charge in [-0.3, -0.25) is 9.59 Å². The summed E-state index contributed by atoms with van der Waals surface area (Å²) < 4.78 is 6.77. The molecule has 0 saturated heterocycles. The number of hydrogen-bond acceptors (Lipinski definition) is 5. The minimum Gasteiger partial charge on any atom is -0.481 e. The van der Waals surface area contributed by atoms with Crippen molar-refractivity contribution in [2.24, 2.45) is 17.3 Å². The van der Waals surface area contributed by atoms with Crippen molar-refractivity contribution in [2.45, 2.75) is 50.6 Å². The number of carbonyl (C=O) groups is 1. The van der Waals surface area contributed by atoms with E-state index in [4.69, 9.17) is 16.0 Å². The Kier molecular flexibility index (Phi) is 3.88. The van der Waals surface area contributed by atoms with Gasteiger partial charge in [-0.2, -0.15) is 5.10 Å². The predicted octanol–water partition coefficient (Wildman–Crippen LogP) is 3.48. The van der Waals surface area contributed by atoms with Crippen LogP contribution in [-0.2, 0) is 16.9 Å². The number of rotatable bonds is 5. The maximum absolute atomic E-state index is 13.1. The van der Waals surface area contributed by atoms with Gasteiger partial charge in [0.2, 0.25) is 0 Å². The molecule has 0 spiro atoms. The zero-order valence-electron chi connectivity index (χ0n) is 15.4. The molecule has 7 nitrogen and oxygen atoms in total. The molecule has 4 aliphatic carbocycles. The maximum atomic E-state index is 13.1. The third-order valence-electron chi connectivity index (χ3n) is 6.89. The van der Waals surface area contributed by atoms with Crippen molar-refractivity contribution in [3.8, 4) is 0 Å². The number of hydrogen-bond donors (Lipinski definition) is 2. The summed E-state index contributed by atoms with van der Waals surface area (Å²) in [5.41, 5.74) is -1.16. The third-order valence-corrected chi connectivity index (χ3v) is 7.25. The maximum Gasteiger partial charge on any atom is 0.309 e. The zero-order valence-corrected chi connectivity index (χ0v) is 16.1. The molecule has 8 heteroatoms. The molecule has 2 atom stereocenters. The molecule has 2 N–H and O–H groups in total. The summed E-state index contributed by atoms with van der Waals surface area (Å²) >= 11 is 6.39. The second-order valence-corrected chi connectivity index (χ2v) is 9.17. The Hall–Kier alpha value is -2.28. The average Bonchev–Trinajstić information content (AvgIpc) is 3.15. The van der Waals surface area contributed by atoms with Crippen LogP contribution in [0.1, 0.15) is 44.3 Å². The fourth-order valence-corrected chi connectivity index (χ4v) is 6.40. The van der Waals surface area contributed by atoms with Crippen LogP contribution >= 0.6 is 11.6 Å². The Morgan fingerprint density at radius 1 is 1.36 bits per heavy atom. The van der Waals surface area contributed by atoms with E-state index in [9.17, 15) is 14.7 Å². The number of aliphatic carboxylic acids is 1. The average molecular weight is 404 g/mol. The molecular weight excluding hydrogens is 382 g/mol. The minimum absolute atomic E-state index is 0.0849. The number of aromatic nitrogens is 2. The Balaban J connectivity index is 1.49. The lowest BCUT2D eigenvalue weighted by Crippen LogP contribution is -2.61. The summed E-state index contributed by atoms with van der Waals surface area (Å²) in [4.78, 5) is 25.2. The van der Waals surface area contributed by atoms with E-state index in [0.29, 0.717) is 43.3 Å². The van der Waals surface area contributed by atoms with Crippen LogP contribution in [0.4, 0.5) is 5.69 Å². The molecule has 0 amide bonds. The van der Waals surface area contributed by atoms with Gasteiger partial charge in [0.1, 0.15) is 10.8 Å². The molecule has 2 aromatic rings. The zero-order chi connectivity index (χ0) is 19.5. The molecule has 4 bridgehead atoms. The number of nitrogens with one attached hydrogen (secondary N) is 1. The number of carboxylic acids is 1. The van der Waals surface area contributed by atoms with Crippen molar-refractivity contribution in [3.63, 3.8) is 0 Å². The largest absolute Gasteiger partial charge is 0.481 e. The normalized spacial score (nSPS) is 33.2. The second-order valence-electron chi connectivity index (χ2n) is 8.79. The molecule has 0 radical (unpaired) electrons. The number of furan rings is 1. The Bertz CT molecular complexity index is 970. The summed E-state index contributed by atoms with van der Waals surface area (Å²) in [7, 11) is 0. The first kappa shape index (κ1) is 17.8. The van der Waals surface area contributed by atoms with Gasteiger partial charge in [0.15, 0.2) is 0 Å². The first-order chi connectivity index (χ1) is 13.4. The molecule has 0 aliphatic heterocycles. The molecular formula is C20H22ClN3O4. The first-order valence-corrected chi connectivity index (χ1v) is 10.1. The van der Waals surface area contributed by atoms with Crippen LogP contribution in [0.5, 0.6) is 0 Å². The lowest BCUT2D eigenvalue weighted by atomic mass is 9.47. The molecule has 6 rings (SSSR count). The van der Waals surface area contributed by atoms with Crippen LogP contribution in [0.3, 0.4) is 0 Å². The van der Waals surface area contributed by atoms with E-state index in [0.717, 1.165) is 25.0 Å². The van der Waals surface area contributed by atoms with Crippen LogP contribution in [0.15, 0.2) is 33.8 Å². The molecule has 4 fully saturated rings. The molecule has 2 aromatic heterocycles. The van der Waals surface area contributed by atoms with E-state index >= 15 is 0 Å². The molecule has 0 unspecified atom stereocenters. The van der Waals surface area contributed by atoms with Crippen LogP contribution in [0, 0.1) is 17.3 Å². The van der Waals surface area contributed by atoms with Gasteiger partial charge in [-0.1, -0.05) is 11.6 Å². The lowest BCUT2D eigenvalue weighted by molar-refractivity contribution is -0.173. The Labute approximate surface area is 166 Å². The predicted molar refractivity (Wildman–Crippen MR) is 102 cm³/mol. The smallest absolute Gasteiger partial charge is 0.309 e. The highest BCUT2D eigenvalue weighted by Crippen LogP contribution is 2.63. The van der Waals surface area contributed by atoms with Crippen molar-refractivity contribution in [1.82, 2.24) is 9.78 Å². The van der Waals surface area contributed by atoms with E-state index in [1.807, 2.05) is 6.07 Å². The van der Waals surface area contributed by atoms with Crippen LogP contribution in [0.25, 0.3) is 0 Å². The standard InChI is InChI=1S/C20H22ClN3O4/c21-16-15(22-9-14-2-1-3-28-14)10-23-24(17(16)25)20-7-12-4-13(8-20)6-19(5-12,11-20)18(26)27/h1-3,10,12-13,22H,4-9,11H2,(H,26,27)/t12-,13-,19?,20?/m0/s1. The first-order valence-electron chi connectivity index (χ1n) is 9.69. The SMILES string of the molecule is O=C(O)C12C[C@@H]3C[C@@H](C1)CC(n1ncc(NCc4ccco4)c(Cl)c1=O)(C3)C2. The van der Waals surface area contributed by atoms with Crippen LogP contribution in [-0.4, -0.2) is 20.9 Å². The van der Waals surface area contributed by atoms with Gasteiger partial charge in [0, 0.05) is 0 Å². The van der Waals surface area contributed by atoms with Gasteiger partial charge in [-0.05, 0) is 62.5 Å². The van der Waals surface area contributed by atoms with Gasteiger partial charge in [-0.25, -0.2) is 4.68 Å². The number of anilines is 1. The summed E-state index contributed by atoms with van der Waals surface area (Å²) in [5, 5.41) is 17.5. The van der Waals surface area contributed by atoms with Gasteiger partial charge in [-0.15, -0.1) is 0 Å². The summed E-state index contributed by atoms with van der Waals surface area (Å²) in [6, 6.07) is 3.62. The monoisotopic (exact) mass is 403 g/mol. The number of nitrogens with zero attached hydrogens (tertiary/aromatic N) is 2. The summed E-state index contributed by atoms with van der Waals surface area (Å²) in [6.07, 6.45) is 7.71. The van der Waals surface area contributed by atoms with E-state index in [1.54, 1.807) is 18.5 Å². The second kappa shape index (κ2) is 6.11. The van der Waals surface area contributed by atoms with Crippen molar-refractivity contribution < 1.29 is 14.3 Å². The van der Waals surface area contributed by atoms with Crippen molar-refractivity contribution >= 4 is 23.3 Å². The molecule has 148 valence electrons. The van der Waals surface area contributed by atoms with E-state index in [2.05, 4.69) is 10.4 Å². The van der Waals surface area contributed by atoms with Crippen molar-refractivity contribution in [2.75, 3.05) is 5.32 Å². The molecule has 0 aromatic carbocycles.